The van der Waals surface area contributed by atoms with Crippen LogP contribution in [0.15, 0.2) is 0 Å². The fraction of sp³-hybridized carbons (Fsp3) is 0. The predicted molar refractivity (Wildman–Crippen MR) is 90.6 cm³/mol. The van der Waals surface area contributed by atoms with Crippen LogP contribution in [0.25, 0.3) is 0 Å². The fourth-order valence-electron chi connectivity index (χ4n) is 0. The molecule has 0 bridgehead atoms. The molecule has 0 rings (SSSR count). The monoisotopic (exact) mass is 1040 g/mol. The topological polar surface area (TPSA) is 562 Å². The first-order valence-electron chi connectivity index (χ1n) is 4.67. The van der Waals surface area contributed by atoms with Crippen molar-refractivity contribution in [2.75, 3.05) is 0 Å². The van der Waals surface area contributed by atoms with Crippen molar-refractivity contribution in [3.8, 4) is 0 Å². The van der Waals surface area contributed by atoms with Crippen LogP contribution >= 0.6 is 0 Å². The molecule has 0 atom stereocenters. The molecule has 42 heavy (non-hydrogen) atoms. The Balaban J connectivity index is -0.0000000177. The van der Waals surface area contributed by atoms with Crippen molar-refractivity contribution < 1.29 is 191 Å². The molecular formula is Ca3Cu4O28S7. The molecule has 0 aromatic carbocycles. The van der Waals surface area contributed by atoms with Gasteiger partial charge in [-0.1, -0.05) is 0 Å². The Morgan fingerprint density at radius 1 is 0.190 bits per heavy atom. The zero-order valence-electron chi connectivity index (χ0n) is 17.6. The Bertz CT molecular complexity index is 937. The van der Waals surface area contributed by atoms with Crippen LogP contribution in [0, 0.1) is 0 Å². The second kappa shape index (κ2) is 42.1. The van der Waals surface area contributed by atoms with E-state index in [1.165, 1.54) is 0 Å². The van der Waals surface area contributed by atoms with Gasteiger partial charge in [0.25, 0.3) is 0 Å². The Labute approximate surface area is 370 Å². The second-order valence-electron chi connectivity index (χ2n) is 2.86. The summed E-state index contributed by atoms with van der Waals surface area (Å²) < 4.78 is 239. The van der Waals surface area contributed by atoms with Gasteiger partial charge in [-0.3, -0.25) is 58.9 Å². The maximum atomic E-state index is 8.52. The molecule has 0 aromatic heterocycles. The Morgan fingerprint density at radius 3 is 0.190 bits per heavy atom. The van der Waals surface area contributed by atoms with Crippen molar-refractivity contribution in [3.05, 3.63) is 0 Å². The van der Waals surface area contributed by atoms with Gasteiger partial charge in [0.2, 0.25) is 0 Å². The van der Waals surface area contributed by atoms with Crippen LogP contribution in [-0.2, 0) is 141 Å². The summed E-state index contributed by atoms with van der Waals surface area (Å²) in [5.74, 6) is 0. The Hall–Kier alpha value is 4.95. The summed E-state index contributed by atoms with van der Waals surface area (Å²) in [6.45, 7) is 0. The van der Waals surface area contributed by atoms with Crippen molar-refractivity contribution >= 4 is 186 Å². The molecule has 260 valence electrons. The molecule has 28 nitrogen and oxygen atoms in total. The molecule has 0 N–H and O–H groups in total. The van der Waals surface area contributed by atoms with Crippen molar-refractivity contribution in [2.24, 2.45) is 0 Å². The summed E-state index contributed by atoms with van der Waals surface area (Å²) in [6.07, 6.45) is 0. The third-order valence-corrected chi connectivity index (χ3v) is 0. The fourth-order valence-corrected chi connectivity index (χ4v) is 0. The van der Waals surface area contributed by atoms with Gasteiger partial charge < -0.3 is 63.7 Å². The molecule has 0 fully saturated rings. The summed E-state index contributed by atoms with van der Waals surface area (Å²) in [6, 6.07) is 0. The third-order valence-electron chi connectivity index (χ3n) is 0. The molecule has 0 aliphatic rings. The minimum atomic E-state index is -5.17. The van der Waals surface area contributed by atoms with Crippen molar-refractivity contribution in [3.63, 3.8) is 0 Å². The molecule has 0 aromatic rings. The Morgan fingerprint density at radius 2 is 0.190 bits per heavy atom. The van der Waals surface area contributed by atoms with E-state index in [0.717, 1.165) is 0 Å². The van der Waals surface area contributed by atoms with Crippen molar-refractivity contribution in [1.29, 1.82) is 0 Å². The molecule has 42 heteroatoms. The number of hydrogen-bond donors (Lipinski definition) is 0. The quantitative estimate of drug-likeness (QED) is 0.123. The molecule has 0 spiro atoms. The average Bonchev–Trinajstić information content (AvgIpc) is 2.06. The van der Waals surface area contributed by atoms with Crippen molar-refractivity contribution in [2.45, 2.75) is 0 Å². The molecule has 4 radical (unpaired) electrons. The van der Waals surface area contributed by atoms with Crippen LogP contribution in [0.3, 0.4) is 0 Å². The van der Waals surface area contributed by atoms with Crippen LogP contribution in [-0.4, -0.2) is 236 Å². The van der Waals surface area contributed by atoms with Crippen LogP contribution in [0.5, 0.6) is 0 Å². The molecule has 0 amide bonds. The Kier molecular flexibility index (Phi) is 91.6. The summed E-state index contributed by atoms with van der Waals surface area (Å²) in [5.41, 5.74) is 0. The minimum Gasteiger partial charge on any atom is -0.759 e. The standard InChI is InChI=1S/3Ca.4Cu.7H2O4S/c;;;;;;;7*1-5(2,3)4/h;;;;;;;7*(H2,1,2,3,4)/q7*+2;;;;;;;/p-14. The van der Waals surface area contributed by atoms with E-state index in [2.05, 4.69) is 0 Å². The predicted octanol–water partition coefficient (Wildman–Crippen LogP) is -10.5. The van der Waals surface area contributed by atoms with Gasteiger partial charge in [-0.05, 0) is 0 Å². The van der Waals surface area contributed by atoms with E-state index in [1.807, 2.05) is 0 Å². The minimum absolute atomic E-state index is 0. The van der Waals surface area contributed by atoms with Crippen LogP contribution in [0.1, 0.15) is 0 Å². The molecule has 0 unspecified atom stereocenters. The normalized spacial score (nSPS) is 9.67. The van der Waals surface area contributed by atoms with Crippen LogP contribution in [0.2, 0.25) is 0 Å². The first-order chi connectivity index (χ1) is 14.0. The van der Waals surface area contributed by atoms with Gasteiger partial charge in [-0.2, -0.15) is 0 Å². The van der Waals surface area contributed by atoms with Crippen molar-refractivity contribution in [1.82, 2.24) is 0 Å². The van der Waals surface area contributed by atoms with E-state index in [1.54, 1.807) is 0 Å². The summed E-state index contributed by atoms with van der Waals surface area (Å²) >= 11 is 0. The van der Waals surface area contributed by atoms with Crippen LogP contribution < -0.4 is 0 Å². The van der Waals surface area contributed by atoms with E-state index in [4.69, 9.17) is 123 Å². The summed E-state index contributed by atoms with van der Waals surface area (Å²) in [4.78, 5) is 0. The summed E-state index contributed by atoms with van der Waals surface area (Å²) in [7, 11) is -36.2. The van der Waals surface area contributed by atoms with Gasteiger partial charge in [-0.25, -0.2) is 0 Å². The maximum absolute atomic E-state index is 8.52. The van der Waals surface area contributed by atoms with E-state index >= 15 is 0 Å². The van der Waals surface area contributed by atoms with Gasteiger partial charge in [-0.15, -0.1) is 0 Å². The average molecular weight is 1050 g/mol. The van der Waals surface area contributed by atoms with Gasteiger partial charge in [0.1, 0.15) is 0 Å². The molecule has 0 aliphatic heterocycles. The first-order valence-corrected chi connectivity index (χ1v) is 14.0. The van der Waals surface area contributed by atoms with E-state index in [9.17, 15) is 0 Å². The van der Waals surface area contributed by atoms with Crippen LogP contribution in [0.4, 0.5) is 0 Å². The zero-order chi connectivity index (χ0) is 31.5. The molecule has 0 heterocycles. The number of hydrogen-bond acceptors (Lipinski definition) is 28. The van der Waals surface area contributed by atoms with Gasteiger partial charge in [0.05, 0.1) is 0 Å². The molecular weight excluding hydrogens is 1050 g/mol. The summed E-state index contributed by atoms with van der Waals surface area (Å²) in [5, 5.41) is 0. The molecule has 0 saturated heterocycles. The third kappa shape index (κ3) is 3550. The van der Waals surface area contributed by atoms with E-state index < -0.39 is 72.8 Å². The smallest absolute Gasteiger partial charge is 0.759 e. The first kappa shape index (κ1) is 91.3. The van der Waals surface area contributed by atoms with Gasteiger partial charge >= 0.3 is 181 Å². The largest absolute Gasteiger partial charge is 2.00 e. The second-order valence-corrected chi connectivity index (χ2v) is 8.57. The van der Waals surface area contributed by atoms with E-state index in [-0.39, 0.29) is 181 Å². The SMILES string of the molecule is O=S(=O)([O-])[O-].O=S(=O)([O-])[O-].O=S(=O)([O-])[O-].O=S(=O)([O-])[O-].O=S(=O)([O-])[O-].O=S(=O)([O-])[O-].O=S(=O)([O-])[O-].[Ca+2].[Ca+2].[Ca+2].[Cu+2].[Cu+2].[Cu+2].[Cu+2]. The maximum Gasteiger partial charge on any atom is 2.00 e. The zero-order valence-corrected chi connectivity index (χ0v) is 33.7. The van der Waals surface area contributed by atoms with Gasteiger partial charge in [0.15, 0.2) is 0 Å². The van der Waals surface area contributed by atoms with E-state index in [0.29, 0.717) is 0 Å². The molecule has 0 aliphatic carbocycles. The van der Waals surface area contributed by atoms with Gasteiger partial charge in [0, 0.05) is 72.8 Å². The molecule has 0 saturated carbocycles. The number of rotatable bonds is 0.